The Morgan fingerprint density at radius 3 is 2.64 bits per heavy atom. The molecule has 3 heteroatoms. The Hall–Kier alpha value is 0.270. The second-order valence-electron chi connectivity index (χ2n) is 3.42. The highest BCUT2D eigenvalue weighted by Crippen LogP contribution is 2.37. The van der Waals surface area contributed by atoms with Gasteiger partial charge in [-0.1, -0.05) is 0 Å². The SMILES string of the molecule is NC1CCOC12CCSCC2. The molecule has 0 bridgehead atoms. The highest BCUT2D eigenvalue weighted by molar-refractivity contribution is 7.99. The monoisotopic (exact) mass is 173 g/mol. The van der Waals surface area contributed by atoms with E-state index < -0.39 is 0 Å². The van der Waals surface area contributed by atoms with E-state index in [4.69, 9.17) is 10.5 Å². The first-order valence-corrected chi connectivity index (χ1v) is 5.46. The molecule has 2 nitrogen and oxygen atoms in total. The Labute approximate surface area is 71.9 Å². The lowest BCUT2D eigenvalue weighted by atomic mass is 9.89. The molecule has 0 aliphatic carbocycles. The summed E-state index contributed by atoms with van der Waals surface area (Å²) in [6.45, 7) is 0.881. The Bertz CT molecular complexity index is 145. The molecule has 2 saturated heterocycles. The first kappa shape index (κ1) is 7.90. The fraction of sp³-hybridized carbons (Fsp3) is 1.00. The van der Waals surface area contributed by atoms with Crippen molar-refractivity contribution < 1.29 is 4.74 Å². The van der Waals surface area contributed by atoms with Crippen LogP contribution in [-0.2, 0) is 4.74 Å². The van der Waals surface area contributed by atoms with Gasteiger partial charge in [0.1, 0.15) is 0 Å². The molecular formula is C8H15NOS. The summed E-state index contributed by atoms with van der Waals surface area (Å²) in [6, 6.07) is 0.309. The van der Waals surface area contributed by atoms with Crippen molar-refractivity contribution in [2.45, 2.75) is 30.9 Å². The standard InChI is InChI=1S/C8H15NOS/c9-7-1-4-10-8(7)2-5-11-6-3-8/h7H,1-6,9H2. The molecule has 0 radical (unpaired) electrons. The van der Waals surface area contributed by atoms with Crippen LogP contribution in [0.3, 0.4) is 0 Å². The minimum absolute atomic E-state index is 0.0885. The summed E-state index contributed by atoms with van der Waals surface area (Å²) in [5.41, 5.74) is 6.10. The van der Waals surface area contributed by atoms with E-state index in [1.54, 1.807) is 0 Å². The summed E-state index contributed by atoms with van der Waals surface area (Å²) in [4.78, 5) is 0. The Kier molecular flexibility index (Phi) is 2.12. The predicted molar refractivity (Wildman–Crippen MR) is 47.8 cm³/mol. The fourth-order valence-electron chi connectivity index (χ4n) is 1.99. The molecule has 1 atom stereocenters. The van der Waals surface area contributed by atoms with Crippen LogP contribution in [0.4, 0.5) is 0 Å². The van der Waals surface area contributed by atoms with Crippen molar-refractivity contribution in [1.29, 1.82) is 0 Å². The molecule has 2 aliphatic rings. The van der Waals surface area contributed by atoms with E-state index in [0.717, 1.165) is 13.0 Å². The molecule has 0 amide bonds. The second kappa shape index (κ2) is 2.96. The first-order valence-electron chi connectivity index (χ1n) is 4.31. The average Bonchev–Trinajstić information content (AvgIpc) is 2.36. The number of rotatable bonds is 0. The molecule has 0 saturated carbocycles. The van der Waals surface area contributed by atoms with E-state index in [1.165, 1.54) is 24.3 Å². The lowest BCUT2D eigenvalue weighted by Crippen LogP contribution is -2.47. The predicted octanol–water partition coefficient (Wildman–Crippen LogP) is 1.000. The van der Waals surface area contributed by atoms with Gasteiger partial charge in [-0.25, -0.2) is 0 Å². The van der Waals surface area contributed by atoms with Crippen LogP contribution in [0, 0.1) is 0 Å². The molecule has 2 rings (SSSR count). The van der Waals surface area contributed by atoms with Crippen LogP contribution >= 0.6 is 11.8 Å². The van der Waals surface area contributed by atoms with Gasteiger partial charge < -0.3 is 10.5 Å². The average molecular weight is 173 g/mol. The molecular weight excluding hydrogens is 158 g/mol. The van der Waals surface area contributed by atoms with Crippen molar-refractivity contribution in [2.24, 2.45) is 5.73 Å². The molecule has 11 heavy (non-hydrogen) atoms. The molecule has 0 aromatic heterocycles. The van der Waals surface area contributed by atoms with E-state index in [1.807, 2.05) is 11.8 Å². The van der Waals surface area contributed by atoms with Crippen LogP contribution in [0.25, 0.3) is 0 Å². The minimum atomic E-state index is 0.0885. The third-order valence-electron chi connectivity index (χ3n) is 2.83. The molecule has 2 heterocycles. The van der Waals surface area contributed by atoms with Crippen LogP contribution in [0.5, 0.6) is 0 Å². The van der Waals surface area contributed by atoms with E-state index >= 15 is 0 Å². The van der Waals surface area contributed by atoms with E-state index in [0.29, 0.717) is 6.04 Å². The molecule has 2 N–H and O–H groups in total. The van der Waals surface area contributed by atoms with Gasteiger partial charge in [-0.3, -0.25) is 0 Å². The van der Waals surface area contributed by atoms with Crippen LogP contribution in [-0.4, -0.2) is 29.8 Å². The Balaban J connectivity index is 2.06. The van der Waals surface area contributed by atoms with Crippen molar-refractivity contribution in [3.63, 3.8) is 0 Å². The third kappa shape index (κ3) is 1.30. The maximum Gasteiger partial charge on any atom is 0.0849 e. The van der Waals surface area contributed by atoms with Crippen LogP contribution < -0.4 is 5.73 Å². The normalized spacial score (nSPS) is 36.3. The summed E-state index contributed by atoms with van der Waals surface area (Å²) < 4.78 is 5.76. The topological polar surface area (TPSA) is 35.2 Å². The lowest BCUT2D eigenvalue weighted by Gasteiger charge is -2.35. The Morgan fingerprint density at radius 2 is 2.09 bits per heavy atom. The number of ether oxygens (including phenoxy) is 1. The summed E-state index contributed by atoms with van der Waals surface area (Å²) in [5.74, 6) is 2.46. The van der Waals surface area contributed by atoms with Crippen LogP contribution in [0.1, 0.15) is 19.3 Å². The molecule has 0 aromatic carbocycles. The van der Waals surface area contributed by atoms with Gasteiger partial charge in [0.05, 0.1) is 5.60 Å². The van der Waals surface area contributed by atoms with Crippen LogP contribution in [0.15, 0.2) is 0 Å². The molecule has 2 aliphatic heterocycles. The molecule has 2 fully saturated rings. The smallest absolute Gasteiger partial charge is 0.0849 e. The molecule has 1 spiro atoms. The maximum atomic E-state index is 6.01. The zero-order chi connectivity index (χ0) is 7.73. The molecule has 64 valence electrons. The molecule has 1 unspecified atom stereocenters. The lowest BCUT2D eigenvalue weighted by molar-refractivity contribution is -0.0106. The third-order valence-corrected chi connectivity index (χ3v) is 3.82. The largest absolute Gasteiger partial charge is 0.373 e. The van der Waals surface area contributed by atoms with Gasteiger partial charge in [0.15, 0.2) is 0 Å². The second-order valence-corrected chi connectivity index (χ2v) is 4.65. The van der Waals surface area contributed by atoms with Gasteiger partial charge in [-0.2, -0.15) is 11.8 Å². The highest BCUT2D eigenvalue weighted by Gasteiger charge is 2.42. The van der Waals surface area contributed by atoms with Gasteiger partial charge in [-0.15, -0.1) is 0 Å². The van der Waals surface area contributed by atoms with Crippen molar-refractivity contribution >= 4 is 11.8 Å². The maximum absolute atomic E-state index is 6.01. The summed E-state index contributed by atoms with van der Waals surface area (Å²) in [7, 11) is 0. The Morgan fingerprint density at radius 1 is 1.36 bits per heavy atom. The van der Waals surface area contributed by atoms with Gasteiger partial charge in [-0.05, 0) is 30.8 Å². The van der Waals surface area contributed by atoms with E-state index in [2.05, 4.69) is 0 Å². The quantitative estimate of drug-likeness (QED) is 0.593. The fourth-order valence-corrected chi connectivity index (χ4v) is 3.18. The van der Waals surface area contributed by atoms with Crippen LogP contribution in [0.2, 0.25) is 0 Å². The molecule has 0 aromatic rings. The number of hydrogen-bond acceptors (Lipinski definition) is 3. The first-order chi connectivity index (χ1) is 5.33. The highest BCUT2D eigenvalue weighted by atomic mass is 32.2. The zero-order valence-electron chi connectivity index (χ0n) is 6.71. The minimum Gasteiger partial charge on any atom is -0.373 e. The van der Waals surface area contributed by atoms with Crippen molar-refractivity contribution in [3.05, 3.63) is 0 Å². The summed E-state index contributed by atoms with van der Waals surface area (Å²) >= 11 is 2.02. The van der Waals surface area contributed by atoms with Crippen molar-refractivity contribution in [1.82, 2.24) is 0 Å². The van der Waals surface area contributed by atoms with E-state index in [-0.39, 0.29) is 5.60 Å². The van der Waals surface area contributed by atoms with Gasteiger partial charge in [0.2, 0.25) is 0 Å². The number of hydrogen-bond donors (Lipinski definition) is 1. The van der Waals surface area contributed by atoms with Crippen molar-refractivity contribution in [2.75, 3.05) is 18.1 Å². The zero-order valence-corrected chi connectivity index (χ0v) is 7.53. The number of nitrogens with two attached hydrogens (primary N) is 1. The van der Waals surface area contributed by atoms with Gasteiger partial charge in [0.25, 0.3) is 0 Å². The number of thioether (sulfide) groups is 1. The summed E-state index contributed by atoms with van der Waals surface area (Å²) in [5, 5.41) is 0. The van der Waals surface area contributed by atoms with Gasteiger partial charge in [0, 0.05) is 12.6 Å². The van der Waals surface area contributed by atoms with Crippen molar-refractivity contribution in [3.8, 4) is 0 Å². The van der Waals surface area contributed by atoms with Gasteiger partial charge >= 0.3 is 0 Å². The summed E-state index contributed by atoms with van der Waals surface area (Å²) in [6.07, 6.45) is 3.39. The van der Waals surface area contributed by atoms with E-state index in [9.17, 15) is 0 Å².